The molecule has 0 saturated heterocycles. The minimum absolute atomic E-state index is 0.267. The number of methoxy groups -OCH3 is 1. The van der Waals surface area contributed by atoms with Crippen LogP contribution in [0.15, 0.2) is 42.5 Å². The molecule has 0 aliphatic rings. The van der Waals surface area contributed by atoms with Gasteiger partial charge in [-0.2, -0.15) is 0 Å². The first-order chi connectivity index (χ1) is 12.3. The molecule has 0 unspecified atom stereocenters. The van der Waals surface area contributed by atoms with Crippen LogP contribution in [-0.2, 0) is 4.74 Å². The molecule has 0 radical (unpaired) electrons. The van der Waals surface area contributed by atoms with Crippen molar-refractivity contribution in [1.82, 2.24) is 0 Å². The maximum Gasteiger partial charge on any atom is 0.339 e. The Morgan fingerprint density at radius 1 is 0.923 bits per heavy atom. The van der Waals surface area contributed by atoms with Crippen molar-refractivity contribution in [1.29, 1.82) is 0 Å². The van der Waals surface area contributed by atoms with Crippen LogP contribution in [0.4, 0.5) is 11.4 Å². The first-order valence-corrected chi connectivity index (χ1v) is 7.10. The second-order valence-corrected chi connectivity index (χ2v) is 4.98. The lowest BCUT2D eigenvalue weighted by atomic mass is 10.1. The van der Waals surface area contributed by atoms with Gasteiger partial charge in [-0.25, -0.2) is 4.79 Å². The molecular formula is C16H12N2O8. The van der Waals surface area contributed by atoms with Gasteiger partial charge in [0.05, 0.1) is 28.6 Å². The summed E-state index contributed by atoms with van der Waals surface area (Å²) in [6.07, 6.45) is 0. The highest BCUT2D eigenvalue weighted by molar-refractivity contribution is 5.99. The predicted molar refractivity (Wildman–Crippen MR) is 87.4 cm³/mol. The second kappa shape index (κ2) is 7.83. The maximum absolute atomic E-state index is 12.0. The van der Waals surface area contributed by atoms with Crippen molar-refractivity contribution in [2.45, 2.75) is 0 Å². The van der Waals surface area contributed by atoms with E-state index in [1.807, 2.05) is 0 Å². The number of hydrogen-bond acceptors (Lipinski definition) is 8. The molecule has 0 aromatic heterocycles. The SMILES string of the molecule is COc1ccc(C(=O)COC(=O)c2cc([N+](=O)[O-])cc([N+](=O)[O-])c2)cc1. The highest BCUT2D eigenvalue weighted by Gasteiger charge is 2.21. The van der Waals surface area contributed by atoms with Gasteiger partial charge in [-0.15, -0.1) is 0 Å². The summed E-state index contributed by atoms with van der Waals surface area (Å²) in [6, 6.07) is 8.47. The Kier molecular flexibility index (Phi) is 5.58. The Morgan fingerprint density at radius 2 is 1.46 bits per heavy atom. The van der Waals surface area contributed by atoms with E-state index in [0.29, 0.717) is 5.75 Å². The van der Waals surface area contributed by atoms with Crippen molar-refractivity contribution < 1.29 is 28.9 Å². The molecule has 0 aliphatic heterocycles. The number of Topliss-reactive ketones (excluding diaryl/α,β-unsaturated/α-hetero) is 1. The molecular weight excluding hydrogens is 348 g/mol. The molecule has 10 heteroatoms. The number of carbonyl (C=O) groups excluding carboxylic acids is 2. The molecule has 2 aromatic rings. The van der Waals surface area contributed by atoms with Crippen LogP contribution in [0.5, 0.6) is 5.75 Å². The average Bonchev–Trinajstić information content (AvgIpc) is 2.65. The van der Waals surface area contributed by atoms with Crippen molar-refractivity contribution in [3.05, 3.63) is 73.8 Å². The summed E-state index contributed by atoms with van der Waals surface area (Å²) in [6.45, 7) is -0.623. The first kappa shape index (κ1) is 18.5. The minimum Gasteiger partial charge on any atom is -0.497 e. The lowest BCUT2D eigenvalue weighted by Gasteiger charge is -2.05. The number of ether oxygens (including phenoxy) is 2. The van der Waals surface area contributed by atoms with Crippen LogP contribution in [0.25, 0.3) is 0 Å². The quantitative estimate of drug-likeness (QED) is 0.318. The van der Waals surface area contributed by atoms with Gasteiger partial charge in [0.1, 0.15) is 5.75 Å². The molecule has 10 nitrogen and oxygen atoms in total. The maximum atomic E-state index is 12.0. The van der Waals surface area contributed by atoms with E-state index in [4.69, 9.17) is 9.47 Å². The largest absolute Gasteiger partial charge is 0.497 e. The third kappa shape index (κ3) is 4.38. The molecule has 2 rings (SSSR count). The van der Waals surface area contributed by atoms with Crippen LogP contribution >= 0.6 is 0 Å². The fraction of sp³-hybridized carbons (Fsp3) is 0.125. The number of rotatable bonds is 7. The fourth-order valence-electron chi connectivity index (χ4n) is 2.00. The van der Waals surface area contributed by atoms with Crippen molar-refractivity contribution >= 4 is 23.1 Å². The third-order valence-corrected chi connectivity index (χ3v) is 3.31. The number of carbonyl (C=O) groups is 2. The van der Waals surface area contributed by atoms with Crippen molar-refractivity contribution in [3.63, 3.8) is 0 Å². The molecule has 0 N–H and O–H groups in total. The van der Waals surface area contributed by atoms with E-state index in [2.05, 4.69) is 0 Å². The number of hydrogen-bond donors (Lipinski definition) is 0. The average molecular weight is 360 g/mol. The minimum atomic E-state index is -1.08. The number of nitrogens with zero attached hydrogens (tertiary/aromatic N) is 2. The molecule has 0 amide bonds. The van der Waals surface area contributed by atoms with Gasteiger partial charge in [0.15, 0.2) is 12.4 Å². The van der Waals surface area contributed by atoms with Crippen LogP contribution in [-0.4, -0.2) is 35.3 Å². The molecule has 2 aromatic carbocycles. The molecule has 0 spiro atoms. The summed E-state index contributed by atoms with van der Waals surface area (Å²) in [5, 5.41) is 21.6. The zero-order valence-corrected chi connectivity index (χ0v) is 13.4. The number of ketones is 1. The van der Waals surface area contributed by atoms with E-state index in [1.54, 1.807) is 12.1 Å². The van der Waals surface area contributed by atoms with Gasteiger partial charge in [0, 0.05) is 17.7 Å². The third-order valence-electron chi connectivity index (χ3n) is 3.31. The molecule has 0 fully saturated rings. The van der Waals surface area contributed by atoms with Gasteiger partial charge in [-0.3, -0.25) is 25.0 Å². The van der Waals surface area contributed by atoms with Crippen LogP contribution < -0.4 is 4.74 Å². The monoisotopic (exact) mass is 360 g/mol. The van der Waals surface area contributed by atoms with Gasteiger partial charge in [0.25, 0.3) is 11.4 Å². The second-order valence-electron chi connectivity index (χ2n) is 4.98. The van der Waals surface area contributed by atoms with E-state index < -0.39 is 45.1 Å². The van der Waals surface area contributed by atoms with Gasteiger partial charge in [0.2, 0.25) is 0 Å². The summed E-state index contributed by atoms with van der Waals surface area (Å²) in [4.78, 5) is 43.9. The highest BCUT2D eigenvalue weighted by atomic mass is 16.6. The van der Waals surface area contributed by atoms with Gasteiger partial charge in [-0.1, -0.05) is 0 Å². The van der Waals surface area contributed by atoms with Crippen LogP contribution in [0.3, 0.4) is 0 Å². The van der Waals surface area contributed by atoms with Crippen molar-refractivity contribution in [2.24, 2.45) is 0 Å². The van der Waals surface area contributed by atoms with E-state index >= 15 is 0 Å². The Labute approximate surface area is 146 Å². The lowest BCUT2D eigenvalue weighted by molar-refractivity contribution is -0.394. The number of esters is 1. The molecule has 0 atom stereocenters. The molecule has 0 bridgehead atoms. The lowest BCUT2D eigenvalue weighted by Crippen LogP contribution is -2.14. The van der Waals surface area contributed by atoms with Gasteiger partial charge in [-0.05, 0) is 24.3 Å². The first-order valence-electron chi connectivity index (χ1n) is 7.10. The zero-order valence-electron chi connectivity index (χ0n) is 13.4. The Balaban J connectivity index is 2.12. The Hall–Kier alpha value is -3.82. The van der Waals surface area contributed by atoms with E-state index in [-0.39, 0.29) is 5.56 Å². The van der Waals surface area contributed by atoms with E-state index in [0.717, 1.165) is 18.2 Å². The topological polar surface area (TPSA) is 139 Å². The van der Waals surface area contributed by atoms with Crippen molar-refractivity contribution in [3.8, 4) is 5.75 Å². The smallest absolute Gasteiger partial charge is 0.339 e. The van der Waals surface area contributed by atoms with Gasteiger partial charge >= 0.3 is 5.97 Å². The molecule has 0 heterocycles. The molecule has 134 valence electrons. The van der Waals surface area contributed by atoms with Crippen LogP contribution in [0, 0.1) is 20.2 Å². The van der Waals surface area contributed by atoms with Crippen molar-refractivity contribution in [2.75, 3.05) is 13.7 Å². The summed E-state index contributed by atoms with van der Waals surface area (Å²) in [5.74, 6) is -1.05. The normalized spacial score (nSPS) is 10.0. The van der Waals surface area contributed by atoms with Crippen LogP contribution in [0.1, 0.15) is 20.7 Å². The number of nitro benzene ring substituents is 2. The summed E-state index contributed by atoms with van der Waals surface area (Å²) >= 11 is 0. The van der Waals surface area contributed by atoms with E-state index in [9.17, 15) is 29.8 Å². The van der Waals surface area contributed by atoms with Crippen LogP contribution in [0.2, 0.25) is 0 Å². The highest BCUT2D eigenvalue weighted by Crippen LogP contribution is 2.23. The van der Waals surface area contributed by atoms with E-state index in [1.165, 1.54) is 19.2 Å². The number of benzene rings is 2. The Morgan fingerprint density at radius 3 is 1.92 bits per heavy atom. The molecule has 0 saturated carbocycles. The molecule has 0 aliphatic carbocycles. The summed E-state index contributed by atoms with van der Waals surface area (Å²) < 4.78 is 9.76. The van der Waals surface area contributed by atoms with Gasteiger partial charge < -0.3 is 9.47 Å². The summed E-state index contributed by atoms with van der Waals surface area (Å²) in [7, 11) is 1.47. The standard InChI is InChI=1S/C16H12N2O8/c1-25-14-4-2-10(3-5-14)15(19)9-26-16(20)11-6-12(17(21)22)8-13(7-11)18(23)24/h2-8H,9H2,1H3. The fourth-order valence-corrected chi connectivity index (χ4v) is 2.00. The Bertz CT molecular complexity index is 844. The number of nitro groups is 2. The summed E-state index contributed by atoms with van der Waals surface area (Å²) in [5.41, 5.74) is -1.39. The predicted octanol–water partition coefficient (Wildman–Crippen LogP) is 2.55. The zero-order chi connectivity index (χ0) is 19.3. The number of non-ortho nitro benzene ring substituents is 2. The molecule has 26 heavy (non-hydrogen) atoms.